The minimum atomic E-state index is -0.275. The van der Waals surface area contributed by atoms with Crippen molar-refractivity contribution in [3.8, 4) is 0 Å². The molecule has 2 amide bonds. The fourth-order valence-corrected chi connectivity index (χ4v) is 2.47. The third-order valence-corrected chi connectivity index (χ3v) is 3.52. The Morgan fingerprint density at radius 2 is 2.16 bits per heavy atom. The molecule has 100 valence electrons. The molecule has 2 heterocycles. The van der Waals surface area contributed by atoms with Gasteiger partial charge in [-0.2, -0.15) is 0 Å². The molecule has 0 aliphatic heterocycles. The van der Waals surface area contributed by atoms with Gasteiger partial charge in [0.2, 0.25) is 0 Å². The summed E-state index contributed by atoms with van der Waals surface area (Å²) < 4.78 is 0. The summed E-state index contributed by atoms with van der Waals surface area (Å²) in [6, 6.07) is 3.41. The van der Waals surface area contributed by atoms with E-state index in [0.29, 0.717) is 21.4 Å². The van der Waals surface area contributed by atoms with Crippen molar-refractivity contribution in [1.82, 2.24) is 14.9 Å². The quantitative estimate of drug-likeness (QED) is 0.897. The Balaban J connectivity index is 2.17. The predicted molar refractivity (Wildman–Crippen MR) is 73.6 cm³/mol. The molecule has 0 radical (unpaired) electrons. The fourth-order valence-electron chi connectivity index (χ4n) is 1.49. The zero-order chi connectivity index (χ0) is 14.0. The number of hydrogen-bond acceptors (Lipinski definition) is 4. The van der Waals surface area contributed by atoms with Gasteiger partial charge in [-0.3, -0.25) is 14.9 Å². The first-order valence-electron chi connectivity index (χ1n) is 5.63. The number of thiazole rings is 1. The van der Waals surface area contributed by atoms with Gasteiger partial charge in [0, 0.05) is 20.3 Å². The molecule has 0 saturated heterocycles. The Morgan fingerprint density at radius 3 is 2.74 bits per heavy atom. The van der Waals surface area contributed by atoms with Crippen LogP contribution in [-0.2, 0) is 0 Å². The molecule has 2 aromatic rings. The van der Waals surface area contributed by atoms with Crippen molar-refractivity contribution >= 4 is 28.3 Å². The highest BCUT2D eigenvalue weighted by atomic mass is 32.1. The highest BCUT2D eigenvalue weighted by molar-refractivity contribution is 7.17. The Hall–Kier alpha value is -2.15. The lowest BCUT2D eigenvalue weighted by molar-refractivity contribution is 0.0831. The van der Waals surface area contributed by atoms with Gasteiger partial charge in [0.15, 0.2) is 5.13 Å². The molecular weight excluding hydrogens is 264 g/mol. The molecule has 0 aromatic carbocycles. The number of nitrogens with one attached hydrogen (secondary N) is 2. The van der Waals surface area contributed by atoms with Gasteiger partial charge in [-0.1, -0.05) is 11.3 Å². The van der Waals surface area contributed by atoms with Crippen LogP contribution in [0.5, 0.6) is 0 Å². The van der Waals surface area contributed by atoms with Crippen molar-refractivity contribution in [2.75, 3.05) is 19.4 Å². The third kappa shape index (κ3) is 2.82. The molecule has 0 atom stereocenters. The van der Waals surface area contributed by atoms with Crippen molar-refractivity contribution < 1.29 is 9.59 Å². The number of H-pyrrole nitrogens is 1. The van der Waals surface area contributed by atoms with Gasteiger partial charge in [-0.15, -0.1) is 0 Å². The van der Waals surface area contributed by atoms with Crippen molar-refractivity contribution in [3.05, 3.63) is 34.6 Å². The lowest BCUT2D eigenvalue weighted by Gasteiger charge is -2.07. The maximum Gasteiger partial charge on any atom is 0.273 e. The number of nitrogens with zero attached hydrogens (tertiary/aromatic N) is 2. The third-order valence-electron chi connectivity index (χ3n) is 2.46. The number of aromatic amines is 1. The summed E-state index contributed by atoms with van der Waals surface area (Å²) in [5.74, 6) is -0.391. The van der Waals surface area contributed by atoms with Crippen LogP contribution in [0, 0.1) is 6.92 Å². The molecule has 2 N–H and O–H groups in total. The topological polar surface area (TPSA) is 78.1 Å². The standard InChI is InChI=1S/C12H14N4O2S/c1-7-9(11(18)16(2)3)19-12(14-7)15-10(17)8-5-4-6-13-8/h4-6,13H,1-3H3,(H,14,15,17). The first kappa shape index (κ1) is 13.3. The summed E-state index contributed by atoms with van der Waals surface area (Å²) in [6.07, 6.45) is 1.67. The van der Waals surface area contributed by atoms with Gasteiger partial charge in [0.05, 0.1) is 5.69 Å². The summed E-state index contributed by atoms with van der Waals surface area (Å²) in [7, 11) is 3.36. The molecule has 0 aliphatic rings. The van der Waals surface area contributed by atoms with Crippen LogP contribution in [0.4, 0.5) is 5.13 Å². The van der Waals surface area contributed by atoms with Crippen LogP contribution in [0.15, 0.2) is 18.3 Å². The lowest BCUT2D eigenvalue weighted by atomic mass is 10.3. The normalized spacial score (nSPS) is 10.3. The second-order valence-electron chi connectivity index (χ2n) is 4.17. The van der Waals surface area contributed by atoms with Crippen molar-refractivity contribution in [1.29, 1.82) is 0 Å². The van der Waals surface area contributed by atoms with Gasteiger partial charge >= 0.3 is 0 Å². The number of hydrogen-bond donors (Lipinski definition) is 2. The molecular formula is C12H14N4O2S. The molecule has 0 bridgehead atoms. The number of carbonyl (C=O) groups is 2. The zero-order valence-electron chi connectivity index (χ0n) is 10.9. The van der Waals surface area contributed by atoms with Gasteiger partial charge in [-0.25, -0.2) is 4.98 Å². The molecule has 0 unspecified atom stereocenters. The highest BCUT2D eigenvalue weighted by Crippen LogP contribution is 2.23. The molecule has 0 spiro atoms. The Bertz CT molecular complexity index is 601. The maximum atomic E-state index is 11.9. The van der Waals surface area contributed by atoms with E-state index in [4.69, 9.17) is 0 Å². The number of aromatic nitrogens is 2. The number of aryl methyl sites for hydroxylation is 1. The molecule has 2 rings (SSSR count). The van der Waals surface area contributed by atoms with E-state index in [1.165, 1.54) is 16.2 Å². The number of rotatable bonds is 3. The van der Waals surface area contributed by atoms with E-state index in [1.54, 1.807) is 39.3 Å². The average molecular weight is 278 g/mol. The van der Waals surface area contributed by atoms with Crippen LogP contribution in [0.3, 0.4) is 0 Å². The van der Waals surface area contributed by atoms with Crippen molar-refractivity contribution in [2.24, 2.45) is 0 Å². The largest absolute Gasteiger partial charge is 0.357 e. The van der Waals surface area contributed by atoms with E-state index < -0.39 is 0 Å². The predicted octanol–water partition coefficient (Wildman–Crippen LogP) is 1.73. The summed E-state index contributed by atoms with van der Waals surface area (Å²) >= 11 is 1.17. The minimum Gasteiger partial charge on any atom is -0.357 e. The second kappa shape index (κ2) is 5.23. The van der Waals surface area contributed by atoms with Crippen molar-refractivity contribution in [2.45, 2.75) is 6.92 Å². The monoisotopic (exact) mass is 278 g/mol. The molecule has 19 heavy (non-hydrogen) atoms. The number of anilines is 1. The fraction of sp³-hybridized carbons (Fsp3) is 0.250. The smallest absolute Gasteiger partial charge is 0.273 e. The van der Waals surface area contributed by atoms with Crippen LogP contribution in [-0.4, -0.2) is 40.8 Å². The number of carbonyl (C=O) groups excluding carboxylic acids is 2. The molecule has 0 saturated carbocycles. The summed E-state index contributed by atoms with van der Waals surface area (Å²) in [6.45, 7) is 1.75. The van der Waals surface area contributed by atoms with Crippen LogP contribution in [0.1, 0.15) is 25.9 Å². The maximum absolute atomic E-state index is 11.9. The highest BCUT2D eigenvalue weighted by Gasteiger charge is 2.18. The summed E-state index contributed by atoms with van der Waals surface area (Å²) in [5, 5.41) is 3.08. The molecule has 2 aromatic heterocycles. The van der Waals surface area contributed by atoms with E-state index in [0.717, 1.165) is 0 Å². The zero-order valence-corrected chi connectivity index (χ0v) is 11.7. The van der Waals surface area contributed by atoms with E-state index in [9.17, 15) is 9.59 Å². The molecule has 6 nitrogen and oxygen atoms in total. The number of amides is 2. The second-order valence-corrected chi connectivity index (χ2v) is 5.17. The van der Waals surface area contributed by atoms with E-state index in [-0.39, 0.29) is 11.8 Å². The SMILES string of the molecule is Cc1nc(NC(=O)c2ccc[nH]2)sc1C(=O)N(C)C. The van der Waals surface area contributed by atoms with Crippen LogP contribution in [0.25, 0.3) is 0 Å². The van der Waals surface area contributed by atoms with Gasteiger partial charge in [0.25, 0.3) is 11.8 Å². The van der Waals surface area contributed by atoms with E-state index >= 15 is 0 Å². The van der Waals surface area contributed by atoms with E-state index in [2.05, 4.69) is 15.3 Å². The van der Waals surface area contributed by atoms with Gasteiger partial charge in [0.1, 0.15) is 10.6 Å². The van der Waals surface area contributed by atoms with Crippen LogP contribution < -0.4 is 5.32 Å². The molecule has 0 aliphatic carbocycles. The molecule has 7 heteroatoms. The van der Waals surface area contributed by atoms with Gasteiger partial charge in [-0.05, 0) is 19.1 Å². The van der Waals surface area contributed by atoms with Crippen LogP contribution >= 0.6 is 11.3 Å². The minimum absolute atomic E-state index is 0.115. The Morgan fingerprint density at radius 1 is 1.42 bits per heavy atom. The average Bonchev–Trinajstić information content (AvgIpc) is 2.97. The Labute approximate surface area is 114 Å². The first-order valence-corrected chi connectivity index (χ1v) is 6.44. The summed E-state index contributed by atoms with van der Waals surface area (Å²) in [5.41, 5.74) is 1.07. The Kier molecular flexibility index (Phi) is 3.66. The lowest BCUT2D eigenvalue weighted by Crippen LogP contribution is -2.21. The van der Waals surface area contributed by atoms with Crippen LogP contribution in [0.2, 0.25) is 0 Å². The first-order chi connectivity index (χ1) is 8.99. The van der Waals surface area contributed by atoms with E-state index in [1.807, 2.05) is 0 Å². The summed E-state index contributed by atoms with van der Waals surface area (Å²) in [4.78, 5) is 32.7. The van der Waals surface area contributed by atoms with Crippen molar-refractivity contribution in [3.63, 3.8) is 0 Å². The molecule has 0 fully saturated rings. The van der Waals surface area contributed by atoms with Gasteiger partial charge < -0.3 is 9.88 Å².